The van der Waals surface area contributed by atoms with Gasteiger partial charge in [-0.05, 0) is 89.3 Å². The molecule has 0 fully saturated rings. The fourth-order valence-corrected chi connectivity index (χ4v) is 4.55. The number of amides is 1. The molecule has 36 heavy (non-hydrogen) atoms. The van der Waals surface area contributed by atoms with E-state index in [9.17, 15) is 13.2 Å². The van der Waals surface area contributed by atoms with E-state index in [0.29, 0.717) is 24.6 Å². The van der Waals surface area contributed by atoms with Crippen LogP contribution in [0, 0.1) is 6.92 Å². The van der Waals surface area contributed by atoms with Crippen molar-refractivity contribution in [1.82, 2.24) is 20.7 Å². The van der Waals surface area contributed by atoms with Crippen LogP contribution in [0.4, 0.5) is 4.79 Å². The van der Waals surface area contributed by atoms with Gasteiger partial charge in [-0.1, -0.05) is 48.0 Å². The summed E-state index contributed by atoms with van der Waals surface area (Å²) in [7, 11) is -3.41. The molecular formula is C27H42N4O4S. The predicted octanol–water partition coefficient (Wildman–Crippen LogP) is 3.72. The van der Waals surface area contributed by atoms with Gasteiger partial charge in [0.25, 0.3) is 0 Å². The lowest BCUT2D eigenvalue weighted by Crippen LogP contribution is -2.26. The van der Waals surface area contributed by atoms with Gasteiger partial charge in [-0.15, -0.1) is 0 Å². The van der Waals surface area contributed by atoms with Crippen molar-refractivity contribution in [3.63, 3.8) is 0 Å². The average Bonchev–Trinajstić information content (AvgIpc) is 2.88. The zero-order chi connectivity index (χ0) is 25.9. The van der Waals surface area contributed by atoms with E-state index in [1.54, 1.807) is 24.3 Å². The molecule has 200 valence electrons. The van der Waals surface area contributed by atoms with Crippen LogP contribution in [-0.2, 0) is 21.4 Å². The van der Waals surface area contributed by atoms with E-state index < -0.39 is 10.0 Å². The maximum absolute atomic E-state index is 12.2. The monoisotopic (exact) mass is 518 g/mol. The minimum absolute atomic E-state index is 0.291. The summed E-state index contributed by atoms with van der Waals surface area (Å²) >= 11 is 0. The zero-order valence-electron chi connectivity index (χ0n) is 21.4. The van der Waals surface area contributed by atoms with Gasteiger partial charge < -0.3 is 20.7 Å². The maximum Gasteiger partial charge on any atom is 0.407 e. The van der Waals surface area contributed by atoms with Crippen molar-refractivity contribution < 1.29 is 17.9 Å². The van der Waals surface area contributed by atoms with Crippen LogP contribution in [-0.4, -0.2) is 53.8 Å². The van der Waals surface area contributed by atoms with Crippen molar-refractivity contribution in [2.75, 3.05) is 39.3 Å². The van der Waals surface area contributed by atoms with Gasteiger partial charge in [0, 0.05) is 13.1 Å². The number of nitrogens with one attached hydrogen (secondary N) is 4. The van der Waals surface area contributed by atoms with E-state index in [-0.39, 0.29) is 6.09 Å². The largest absolute Gasteiger partial charge is 0.445 e. The quantitative estimate of drug-likeness (QED) is 0.211. The summed E-state index contributed by atoms with van der Waals surface area (Å²) in [5.41, 5.74) is 2.02. The second-order valence-corrected chi connectivity index (χ2v) is 10.6. The van der Waals surface area contributed by atoms with Crippen molar-refractivity contribution >= 4 is 16.1 Å². The Morgan fingerprint density at radius 1 is 0.722 bits per heavy atom. The summed E-state index contributed by atoms with van der Waals surface area (Å²) in [6.45, 7) is 7.07. The Hall–Kier alpha value is -2.46. The molecule has 8 nitrogen and oxygen atoms in total. The third-order valence-corrected chi connectivity index (χ3v) is 7.10. The number of hydrogen-bond acceptors (Lipinski definition) is 6. The number of hydrogen-bond donors (Lipinski definition) is 4. The lowest BCUT2D eigenvalue weighted by atomic mass is 10.2. The van der Waals surface area contributed by atoms with Gasteiger partial charge in [0.05, 0.1) is 4.90 Å². The van der Waals surface area contributed by atoms with Crippen LogP contribution in [0.2, 0.25) is 0 Å². The number of sulfonamides is 1. The van der Waals surface area contributed by atoms with Gasteiger partial charge >= 0.3 is 6.09 Å². The molecule has 0 aliphatic carbocycles. The Labute approximate surface area is 216 Å². The van der Waals surface area contributed by atoms with Crippen molar-refractivity contribution in [2.24, 2.45) is 0 Å². The summed E-state index contributed by atoms with van der Waals surface area (Å²) in [6, 6.07) is 16.5. The number of aryl methyl sites for hydroxylation is 1. The average molecular weight is 519 g/mol. The van der Waals surface area contributed by atoms with E-state index in [4.69, 9.17) is 4.74 Å². The molecule has 4 N–H and O–H groups in total. The molecular weight excluding hydrogens is 476 g/mol. The highest BCUT2D eigenvalue weighted by Gasteiger charge is 2.12. The van der Waals surface area contributed by atoms with Gasteiger partial charge in [0.1, 0.15) is 6.61 Å². The van der Waals surface area contributed by atoms with Gasteiger partial charge in [0.15, 0.2) is 0 Å². The summed E-state index contributed by atoms with van der Waals surface area (Å²) < 4.78 is 32.3. The molecule has 9 heteroatoms. The molecule has 0 aliphatic rings. The first kappa shape index (κ1) is 29.8. The number of benzene rings is 2. The third-order valence-electron chi connectivity index (χ3n) is 5.62. The zero-order valence-corrected chi connectivity index (χ0v) is 22.2. The number of rotatable bonds is 19. The third kappa shape index (κ3) is 13.6. The topological polar surface area (TPSA) is 109 Å². The summed E-state index contributed by atoms with van der Waals surface area (Å²) in [5.74, 6) is 0. The molecule has 0 atom stereocenters. The van der Waals surface area contributed by atoms with Crippen LogP contribution in [0.15, 0.2) is 59.5 Å². The number of carbonyl (C=O) groups is 1. The highest BCUT2D eigenvalue weighted by Crippen LogP contribution is 2.09. The lowest BCUT2D eigenvalue weighted by molar-refractivity contribution is 0.139. The van der Waals surface area contributed by atoms with E-state index in [0.717, 1.165) is 75.8 Å². The van der Waals surface area contributed by atoms with Crippen LogP contribution in [0.1, 0.15) is 49.7 Å². The summed E-state index contributed by atoms with van der Waals surface area (Å²) in [5, 5.41) is 9.63. The van der Waals surface area contributed by atoms with Crippen LogP contribution >= 0.6 is 0 Å². The molecule has 0 aromatic heterocycles. The molecule has 0 saturated carbocycles. The van der Waals surface area contributed by atoms with Crippen LogP contribution < -0.4 is 20.7 Å². The fourth-order valence-electron chi connectivity index (χ4n) is 3.47. The number of carbonyl (C=O) groups excluding carboxylic acids is 1. The van der Waals surface area contributed by atoms with Crippen LogP contribution in [0.3, 0.4) is 0 Å². The van der Waals surface area contributed by atoms with Crippen molar-refractivity contribution in [1.29, 1.82) is 0 Å². The first-order chi connectivity index (χ1) is 17.5. The van der Waals surface area contributed by atoms with Crippen molar-refractivity contribution in [3.8, 4) is 0 Å². The molecule has 2 aromatic carbocycles. The fraction of sp³-hybridized carbons (Fsp3) is 0.519. The molecule has 0 radical (unpaired) electrons. The molecule has 0 spiro atoms. The number of ether oxygens (including phenoxy) is 1. The van der Waals surface area contributed by atoms with Gasteiger partial charge in [-0.3, -0.25) is 0 Å². The van der Waals surface area contributed by atoms with E-state index in [1.165, 1.54) is 0 Å². The Morgan fingerprint density at radius 2 is 1.25 bits per heavy atom. The van der Waals surface area contributed by atoms with Gasteiger partial charge in [-0.25, -0.2) is 17.9 Å². The molecule has 0 aliphatic heterocycles. The van der Waals surface area contributed by atoms with E-state index >= 15 is 0 Å². The Morgan fingerprint density at radius 3 is 1.83 bits per heavy atom. The molecule has 0 saturated heterocycles. The molecule has 0 unspecified atom stereocenters. The predicted molar refractivity (Wildman–Crippen MR) is 144 cm³/mol. The van der Waals surface area contributed by atoms with Crippen molar-refractivity contribution in [2.45, 2.75) is 57.0 Å². The first-order valence-electron chi connectivity index (χ1n) is 12.9. The molecule has 2 rings (SSSR count). The standard InChI is InChI=1S/C27H42N4O4S/c1-24-13-15-26(16-14-24)36(33,34)31-22-10-8-20-29-18-6-5-17-28-19-7-9-21-30-27(32)35-23-25-11-3-2-4-12-25/h2-4,11-16,28-29,31H,5-10,17-23H2,1H3,(H,30,32). The van der Waals surface area contributed by atoms with Gasteiger partial charge in [0.2, 0.25) is 10.0 Å². The molecule has 1 amide bonds. The maximum atomic E-state index is 12.2. The number of alkyl carbamates (subject to hydrolysis) is 1. The highest BCUT2D eigenvalue weighted by atomic mass is 32.2. The SMILES string of the molecule is Cc1ccc(S(=O)(=O)NCCCCNCCCCNCCCCNC(=O)OCc2ccccc2)cc1. The van der Waals surface area contributed by atoms with Crippen LogP contribution in [0.25, 0.3) is 0 Å². The van der Waals surface area contributed by atoms with Gasteiger partial charge in [-0.2, -0.15) is 0 Å². The smallest absolute Gasteiger partial charge is 0.407 e. The normalized spacial score (nSPS) is 11.4. The Balaban J connectivity index is 1.31. The van der Waals surface area contributed by atoms with Crippen LogP contribution in [0.5, 0.6) is 0 Å². The molecule has 0 bridgehead atoms. The van der Waals surface area contributed by atoms with E-state index in [1.807, 2.05) is 37.3 Å². The first-order valence-corrected chi connectivity index (χ1v) is 14.4. The van der Waals surface area contributed by atoms with E-state index in [2.05, 4.69) is 20.7 Å². The lowest BCUT2D eigenvalue weighted by Gasteiger charge is -2.08. The minimum Gasteiger partial charge on any atom is -0.445 e. The Bertz CT molecular complexity index is 953. The number of unbranched alkanes of at least 4 members (excludes halogenated alkanes) is 3. The summed E-state index contributed by atoms with van der Waals surface area (Å²) in [6.07, 6.45) is 5.49. The summed E-state index contributed by atoms with van der Waals surface area (Å²) in [4.78, 5) is 12.0. The molecule has 0 heterocycles. The second kappa shape index (κ2) is 17.9. The molecule has 2 aromatic rings. The second-order valence-electron chi connectivity index (χ2n) is 8.82. The minimum atomic E-state index is -3.41. The van der Waals surface area contributed by atoms with Crippen molar-refractivity contribution in [3.05, 3.63) is 65.7 Å². The highest BCUT2D eigenvalue weighted by molar-refractivity contribution is 7.89. The Kier molecular flexibility index (Phi) is 14.8.